The largest absolute Gasteiger partial charge is 0.320 e. The number of nitrogens with one attached hydrogen (secondary N) is 4. The Labute approximate surface area is 154 Å². The van der Waals surface area contributed by atoms with Crippen molar-refractivity contribution in [1.82, 2.24) is 21.3 Å². The molecule has 25 heavy (non-hydrogen) atoms. The average molecular weight is 357 g/mol. The van der Waals surface area contributed by atoms with Gasteiger partial charge in [0.1, 0.15) is 5.78 Å². The SMILES string of the molecule is CNCCCCC(NC(C)(C)C(=O)C(CCCCNC)NC)C(C)=O. The van der Waals surface area contributed by atoms with Gasteiger partial charge in [0, 0.05) is 0 Å². The second-order valence-corrected chi connectivity index (χ2v) is 7.34. The van der Waals surface area contributed by atoms with Crippen LogP contribution in [0, 0.1) is 0 Å². The zero-order chi connectivity index (χ0) is 19.3. The fraction of sp³-hybridized carbons (Fsp3) is 0.895. The van der Waals surface area contributed by atoms with Crippen LogP contribution in [0.25, 0.3) is 0 Å². The highest BCUT2D eigenvalue weighted by atomic mass is 16.1. The van der Waals surface area contributed by atoms with Gasteiger partial charge in [-0.15, -0.1) is 0 Å². The highest BCUT2D eigenvalue weighted by Gasteiger charge is 2.35. The van der Waals surface area contributed by atoms with Gasteiger partial charge in [0.05, 0.1) is 17.6 Å². The van der Waals surface area contributed by atoms with E-state index in [4.69, 9.17) is 0 Å². The first-order valence-electron chi connectivity index (χ1n) is 9.59. The maximum absolute atomic E-state index is 12.9. The number of ketones is 2. The molecule has 0 aromatic rings. The molecule has 0 rings (SSSR count). The van der Waals surface area contributed by atoms with Crippen LogP contribution in [0.15, 0.2) is 0 Å². The monoisotopic (exact) mass is 356 g/mol. The maximum atomic E-state index is 12.9. The van der Waals surface area contributed by atoms with Crippen LogP contribution < -0.4 is 21.3 Å². The van der Waals surface area contributed by atoms with Crippen molar-refractivity contribution in [2.45, 2.75) is 76.9 Å². The van der Waals surface area contributed by atoms with Gasteiger partial charge in [-0.2, -0.15) is 0 Å². The molecular formula is C19H40N4O2. The first kappa shape index (κ1) is 24.2. The van der Waals surface area contributed by atoms with E-state index >= 15 is 0 Å². The van der Waals surface area contributed by atoms with Crippen molar-refractivity contribution in [2.75, 3.05) is 34.2 Å². The van der Waals surface area contributed by atoms with E-state index in [0.29, 0.717) is 0 Å². The van der Waals surface area contributed by atoms with Gasteiger partial charge in [-0.1, -0.05) is 12.8 Å². The number of hydrogen-bond donors (Lipinski definition) is 4. The first-order valence-corrected chi connectivity index (χ1v) is 9.59. The van der Waals surface area contributed by atoms with Gasteiger partial charge in [-0.3, -0.25) is 14.9 Å². The van der Waals surface area contributed by atoms with Gasteiger partial charge >= 0.3 is 0 Å². The molecule has 0 heterocycles. The Morgan fingerprint density at radius 3 is 1.72 bits per heavy atom. The summed E-state index contributed by atoms with van der Waals surface area (Å²) in [5.74, 6) is 0.223. The van der Waals surface area contributed by atoms with Crippen LogP contribution in [0.4, 0.5) is 0 Å². The van der Waals surface area contributed by atoms with E-state index in [1.807, 2.05) is 35.0 Å². The third-order valence-electron chi connectivity index (χ3n) is 4.65. The zero-order valence-corrected chi connectivity index (χ0v) is 17.1. The van der Waals surface area contributed by atoms with Crippen molar-refractivity contribution in [3.63, 3.8) is 0 Å². The van der Waals surface area contributed by atoms with Crippen LogP contribution in [0.3, 0.4) is 0 Å². The summed E-state index contributed by atoms with van der Waals surface area (Å²) in [6.45, 7) is 7.28. The highest BCUT2D eigenvalue weighted by Crippen LogP contribution is 2.15. The summed E-state index contributed by atoms with van der Waals surface area (Å²) in [6, 6.07) is -0.450. The Hall–Kier alpha value is -0.820. The van der Waals surface area contributed by atoms with E-state index in [1.54, 1.807) is 6.92 Å². The van der Waals surface area contributed by atoms with E-state index in [1.165, 1.54) is 0 Å². The van der Waals surface area contributed by atoms with Crippen LogP contribution in [0.2, 0.25) is 0 Å². The molecule has 0 spiro atoms. The molecule has 0 saturated heterocycles. The molecule has 6 heteroatoms. The molecule has 2 unspecified atom stereocenters. The predicted molar refractivity (Wildman–Crippen MR) is 105 cm³/mol. The molecular weight excluding hydrogens is 316 g/mol. The number of hydrogen-bond acceptors (Lipinski definition) is 6. The van der Waals surface area contributed by atoms with Crippen molar-refractivity contribution < 1.29 is 9.59 Å². The molecule has 0 aromatic heterocycles. The van der Waals surface area contributed by atoms with E-state index in [0.717, 1.165) is 51.6 Å². The molecule has 2 atom stereocenters. The van der Waals surface area contributed by atoms with Gasteiger partial charge in [0.25, 0.3) is 0 Å². The van der Waals surface area contributed by atoms with Crippen molar-refractivity contribution in [3.8, 4) is 0 Å². The summed E-state index contributed by atoms with van der Waals surface area (Å²) in [7, 11) is 5.69. The molecule has 4 N–H and O–H groups in total. The molecule has 0 radical (unpaired) electrons. The Kier molecular flexibility index (Phi) is 13.0. The third kappa shape index (κ3) is 10.0. The van der Waals surface area contributed by atoms with Gasteiger partial charge in [-0.05, 0) is 80.7 Å². The highest BCUT2D eigenvalue weighted by molar-refractivity contribution is 5.93. The van der Waals surface area contributed by atoms with Gasteiger partial charge < -0.3 is 16.0 Å². The van der Waals surface area contributed by atoms with Crippen LogP contribution in [-0.2, 0) is 9.59 Å². The fourth-order valence-electron chi connectivity index (χ4n) is 3.03. The maximum Gasteiger partial charge on any atom is 0.169 e. The topological polar surface area (TPSA) is 82.3 Å². The molecule has 0 aliphatic heterocycles. The average Bonchev–Trinajstić information content (AvgIpc) is 2.57. The summed E-state index contributed by atoms with van der Waals surface area (Å²) < 4.78 is 0. The van der Waals surface area contributed by atoms with E-state index < -0.39 is 5.54 Å². The summed E-state index contributed by atoms with van der Waals surface area (Å²) in [4.78, 5) is 24.9. The quantitative estimate of drug-likeness (QED) is 0.312. The molecule has 0 aromatic carbocycles. The second-order valence-electron chi connectivity index (χ2n) is 7.34. The molecule has 0 amide bonds. The number of carbonyl (C=O) groups excluding carboxylic acids is 2. The molecule has 6 nitrogen and oxygen atoms in total. The van der Waals surface area contributed by atoms with Gasteiger partial charge in [0.15, 0.2) is 5.78 Å². The number of carbonyl (C=O) groups is 2. The molecule has 148 valence electrons. The Balaban J connectivity index is 4.68. The fourth-order valence-corrected chi connectivity index (χ4v) is 3.03. The zero-order valence-electron chi connectivity index (χ0n) is 17.1. The summed E-state index contributed by atoms with van der Waals surface area (Å²) in [5, 5.41) is 12.7. The van der Waals surface area contributed by atoms with E-state index in [2.05, 4.69) is 21.3 Å². The van der Waals surface area contributed by atoms with Crippen LogP contribution in [0.1, 0.15) is 59.3 Å². The lowest BCUT2D eigenvalue weighted by Gasteiger charge is -2.33. The van der Waals surface area contributed by atoms with Crippen molar-refractivity contribution in [2.24, 2.45) is 0 Å². The van der Waals surface area contributed by atoms with Crippen molar-refractivity contribution >= 4 is 11.6 Å². The standard InChI is InChI=1S/C19H40N4O2/c1-15(24)16(11-7-9-13-20-4)23-19(2,3)18(25)17(22-6)12-8-10-14-21-5/h16-17,20-23H,7-14H2,1-6H3. The predicted octanol–water partition coefficient (Wildman–Crippen LogP) is 1.25. The van der Waals surface area contributed by atoms with Crippen LogP contribution in [0.5, 0.6) is 0 Å². The molecule has 0 saturated carbocycles. The number of rotatable bonds is 16. The lowest BCUT2D eigenvalue weighted by Crippen LogP contribution is -2.58. The third-order valence-corrected chi connectivity index (χ3v) is 4.65. The lowest BCUT2D eigenvalue weighted by atomic mass is 9.88. The molecule has 0 aliphatic rings. The van der Waals surface area contributed by atoms with Crippen LogP contribution >= 0.6 is 0 Å². The van der Waals surface area contributed by atoms with E-state index in [-0.39, 0.29) is 23.7 Å². The summed E-state index contributed by atoms with van der Waals surface area (Å²) in [5.41, 5.74) is -0.726. The number of Topliss-reactive ketones (excluding diaryl/α,β-unsaturated/α-hetero) is 2. The summed E-state index contributed by atoms with van der Waals surface area (Å²) >= 11 is 0. The molecule has 0 bridgehead atoms. The minimum absolute atomic E-state index is 0.0976. The molecule has 0 aliphatic carbocycles. The van der Waals surface area contributed by atoms with Crippen LogP contribution in [-0.4, -0.2) is 63.4 Å². The van der Waals surface area contributed by atoms with Gasteiger partial charge in [-0.25, -0.2) is 0 Å². The number of unbranched alkanes of at least 4 members (excludes halogenated alkanes) is 2. The smallest absolute Gasteiger partial charge is 0.169 e. The Bertz CT molecular complexity index is 386. The summed E-state index contributed by atoms with van der Waals surface area (Å²) in [6.07, 6.45) is 5.61. The van der Waals surface area contributed by atoms with Crippen molar-refractivity contribution in [3.05, 3.63) is 0 Å². The van der Waals surface area contributed by atoms with Gasteiger partial charge in [0.2, 0.25) is 0 Å². The normalized spacial score (nSPS) is 14.3. The Morgan fingerprint density at radius 1 is 0.840 bits per heavy atom. The first-order chi connectivity index (χ1) is 11.8. The Morgan fingerprint density at radius 2 is 1.32 bits per heavy atom. The minimum atomic E-state index is -0.726. The lowest BCUT2D eigenvalue weighted by molar-refractivity contribution is -0.127. The molecule has 0 fully saturated rings. The van der Waals surface area contributed by atoms with Crippen molar-refractivity contribution in [1.29, 1.82) is 0 Å². The van der Waals surface area contributed by atoms with E-state index in [9.17, 15) is 9.59 Å². The number of likely N-dealkylation sites (N-methyl/N-ethyl adjacent to an activating group) is 1. The minimum Gasteiger partial charge on any atom is -0.320 e. The second kappa shape index (κ2) is 13.4.